The molecule has 0 spiro atoms. The first-order chi connectivity index (χ1) is 8.12. The Balaban J connectivity index is 2.77. The van der Waals surface area contributed by atoms with Crippen LogP contribution in [0.5, 0.6) is 0 Å². The van der Waals surface area contributed by atoms with Crippen molar-refractivity contribution in [2.75, 3.05) is 5.88 Å². The lowest BCUT2D eigenvalue weighted by molar-refractivity contribution is 0.0928. The Kier molecular flexibility index (Phi) is 5.48. The fraction of sp³-hybridized carbons (Fsp3) is 0.667. The maximum absolute atomic E-state index is 12.0. The van der Waals surface area contributed by atoms with E-state index in [0.29, 0.717) is 18.1 Å². The van der Waals surface area contributed by atoms with E-state index >= 15 is 0 Å². The predicted octanol–water partition coefficient (Wildman–Crippen LogP) is 2.21. The van der Waals surface area contributed by atoms with E-state index < -0.39 is 0 Å². The molecule has 0 fully saturated rings. The summed E-state index contributed by atoms with van der Waals surface area (Å²) in [6, 6.07) is 1.94. The smallest absolute Gasteiger partial charge is 0.269 e. The molecule has 0 saturated heterocycles. The fourth-order valence-corrected chi connectivity index (χ4v) is 1.93. The van der Waals surface area contributed by atoms with Crippen LogP contribution in [-0.2, 0) is 13.0 Å². The predicted molar refractivity (Wildman–Crippen MR) is 69.5 cm³/mol. The third-order valence-corrected chi connectivity index (χ3v) is 2.86. The highest BCUT2D eigenvalue weighted by Crippen LogP contribution is 2.06. The average Bonchev–Trinajstić information content (AvgIpc) is 2.72. The molecule has 1 N–H and O–H groups in total. The Hall–Kier alpha value is -1.03. The molecule has 1 unspecified atom stereocenters. The minimum absolute atomic E-state index is 0.0725. The van der Waals surface area contributed by atoms with Gasteiger partial charge in [-0.15, -0.1) is 11.6 Å². The van der Waals surface area contributed by atoms with Crippen LogP contribution in [0.3, 0.4) is 0 Å². The fourth-order valence-electron chi connectivity index (χ4n) is 1.60. The van der Waals surface area contributed by atoms with Crippen LogP contribution >= 0.6 is 11.6 Å². The van der Waals surface area contributed by atoms with E-state index in [1.165, 1.54) is 0 Å². The molecule has 4 nitrogen and oxygen atoms in total. The van der Waals surface area contributed by atoms with Crippen LogP contribution in [0.1, 0.15) is 43.4 Å². The van der Waals surface area contributed by atoms with Gasteiger partial charge in [0.2, 0.25) is 0 Å². The highest BCUT2D eigenvalue weighted by Gasteiger charge is 2.15. The van der Waals surface area contributed by atoms with Gasteiger partial charge < -0.3 is 5.32 Å². The van der Waals surface area contributed by atoms with Gasteiger partial charge in [0, 0.05) is 18.5 Å². The third kappa shape index (κ3) is 3.73. The highest BCUT2D eigenvalue weighted by molar-refractivity contribution is 6.17. The number of alkyl halides is 1. The van der Waals surface area contributed by atoms with Gasteiger partial charge in [-0.25, -0.2) is 0 Å². The quantitative estimate of drug-likeness (QED) is 0.795. The molecule has 1 aromatic rings. The van der Waals surface area contributed by atoms with Crippen LogP contribution in [0.4, 0.5) is 0 Å². The van der Waals surface area contributed by atoms with Crippen molar-refractivity contribution in [1.29, 1.82) is 0 Å². The van der Waals surface area contributed by atoms with Gasteiger partial charge >= 0.3 is 0 Å². The van der Waals surface area contributed by atoms with Crippen molar-refractivity contribution in [2.24, 2.45) is 0 Å². The molecule has 0 aromatic carbocycles. The van der Waals surface area contributed by atoms with E-state index in [9.17, 15) is 4.79 Å². The molecule has 1 rings (SSSR count). The lowest BCUT2D eigenvalue weighted by Gasteiger charge is -2.12. The normalized spacial score (nSPS) is 12.5. The molecule has 96 valence electrons. The number of hydrogen-bond donors (Lipinski definition) is 1. The zero-order valence-corrected chi connectivity index (χ0v) is 11.4. The average molecular weight is 258 g/mol. The standard InChI is InChI=1S/C12H20ClN3O/c1-4-10-8-11(16(5-2)15-10)12(17)14-9(3)6-7-13/h8-9H,4-7H2,1-3H3,(H,14,17). The second-order valence-corrected chi connectivity index (χ2v) is 4.42. The van der Waals surface area contributed by atoms with E-state index in [2.05, 4.69) is 10.4 Å². The molecular formula is C12H20ClN3O. The molecule has 0 saturated carbocycles. The summed E-state index contributed by atoms with van der Waals surface area (Å²) in [6.45, 7) is 6.66. The van der Waals surface area contributed by atoms with Crippen molar-refractivity contribution in [1.82, 2.24) is 15.1 Å². The van der Waals surface area contributed by atoms with Crippen LogP contribution in [0.15, 0.2) is 6.07 Å². The maximum atomic E-state index is 12.0. The lowest BCUT2D eigenvalue weighted by Crippen LogP contribution is -2.34. The monoisotopic (exact) mass is 257 g/mol. The molecule has 5 heteroatoms. The largest absolute Gasteiger partial charge is 0.348 e. The Morgan fingerprint density at radius 2 is 2.29 bits per heavy atom. The first-order valence-corrected chi connectivity index (χ1v) is 6.59. The summed E-state index contributed by atoms with van der Waals surface area (Å²) in [6.07, 6.45) is 1.61. The van der Waals surface area contributed by atoms with E-state index in [1.807, 2.05) is 26.8 Å². The van der Waals surface area contributed by atoms with Crippen molar-refractivity contribution in [3.8, 4) is 0 Å². The number of hydrogen-bond acceptors (Lipinski definition) is 2. The Bertz CT molecular complexity index is 376. The summed E-state index contributed by atoms with van der Waals surface area (Å²) in [7, 11) is 0. The minimum Gasteiger partial charge on any atom is -0.348 e. The van der Waals surface area contributed by atoms with Crippen LogP contribution in [0, 0.1) is 0 Å². The Morgan fingerprint density at radius 3 is 2.82 bits per heavy atom. The minimum atomic E-state index is -0.0725. The molecule has 0 bridgehead atoms. The molecule has 1 amide bonds. The van der Waals surface area contributed by atoms with Gasteiger partial charge in [0.1, 0.15) is 5.69 Å². The van der Waals surface area contributed by atoms with Crippen molar-refractivity contribution >= 4 is 17.5 Å². The van der Waals surface area contributed by atoms with E-state index in [-0.39, 0.29) is 11.9 Å². The summed E-state index contributed by atoms with van der Waals surface area (Å²) >= 11 is 5.64. The molecule has 0 radical (unpaired) electrons. The van der Waals surface area contributed by atoms with E-state index in [1.54, 1.807) is 4.68 Å². The second kappa shape index (κ2) is 6.64. The van der Waals surface area contributed by atoms with Crippen molar-refractivity contribution in [3.05, 3.63) is 17.5 Å². The highest BCUT2D eigenvalue weighted by atomic mass is 35.5. The Labute approximate surface area is 107 Å². The van der Waals surface area contributed by atoms with Crippen molar-refractivity contribution in [3.63, 3.8) is 0 Å². The number of aromatic nitrogens is 2. The van der Waals surface area contributed by atoms with Crippen molar-refractivity contribution < 1.29 is 4.79 Å². The number of rotatable bonds is 6. The number of carbonyl (C=O) groups is 1. The summed E-state index contributed by atoms with van der Waals surface area (Å²) < 4.78 is 1.74. The second-order valence-electron chi connectivity index (χ2n) is 4.04. The van der Waals surface area contributed by atoms with Gasteiger partial charge in [0.15, 0.2) is 0 Å². The van der Waals surface area contributed by atoms with E-state index in [0.717, 1.165) is 18.5 Å². The first-order valence-electron chi connectivity index (χ1n) is 6.05. The lowest BCUT2D eigenvalue weighted by atomic mass is 10.2. The molecule has 1 aromatic heterocycles. The Morgan fingerprint density at radius 1 is 1.59 bits per heavy atom. The van der Waals surface area contributed by atoms with E-state index in [4.69, 9.17) is 11.6 Å². The van der Waals surface area contributed by atoms with Gasteiger partial charge in [-0.3, -0.25) is 9.48 Å². The molecule has 0 aliphatic carbocycles. The summed E-state index contributed by atoms with van der Waals surface area (Å²) in [5, 5.41) is 7.28. The number of aryl methyl sites for hydroxylation is 2. The zero-order chi connectivity index (χ0) is 12.8. The van der Waals surface area contributed by atoms with Gasteiger partial charge in [-0.1, -0.05) is 6.92 Å². The van der Waals surface area contributed by atoms with Crippen LogP contribution < -0.4 is 5.32 Å². The zero-order valence-electron chi connectivity index (χ0n) is 10.7. The number of carbonyl (C=O) groups excluding carboxylic acids is 1. The number of nitrogens with zero attached hydrogens (tertiary/aromatic N) is 2. The topological polar surface area (TPSA) is 46.9 Å². The van der Waals surface area contributed by atoms with Crippen LogP contribution in [-0.4, -0.2) is 27.6 Å². The number of nitrogens with one attached hydrogen (secondary N) is 1. The van der Waals surface area contributed by atoms with Gasteiger partial charge in [-0.2, -0.15) is 5.10 Å². The molecular weight excluding hydrogens is 238 g/mol. The van der Waals surface area contributed by atoms with Gasteiger partial charge in [-0.05, 0) is 32.8 Å². The molecule has 0 aliphatic rings. The third-order valence-electron chi connectivity index (χ3n) is 2.64. The number of halogens is 1. The van der Waals surface area contributed by atoms with Gasteiger partial charge in [0.25, 0.3) is 5.91 Å². The summed E-state index contributed by atoms with van der Waals surface area (Å²) in [5.74, 6) is 0.478. The molecule has 17 heavy (non-hydrogen) atoms. The summed E-state index contributed by atoms with van der Waals surface area (Å²) in [5.41, 5.74) is 1.58. The maximum Gasteiger partial charge on any atom is 0.269 e. The van der Waals surface area contributed by atoms with Crippen molar-refractivity contribution in [2.45, 2.75) is 46.2 Å². The van der Waals surface area contributed by atoms with Gasteiger partial charge in [0.05, 0.1) is 5.69 Å². The number of amides is 1. The van der Waals surface area contributed by atoms with Crippen LogP contribution in [0.25, 0.3) is 0 Å². The van der Waals surface area contributed by atoms with Crippen LogP contribution in [0.2, 0.25) is 0 Å². The SMILES string of the molecule is CCc1cc(C(=O)NC(C)CCCl)n(CC)n1. The molecule has 1 atom stereocenters. The summed E-state index contributed by atoms with van der Waals surface area (Å²) in [4.78, 5) is 12.0. The molecule has 1 heterocycles. The molecule has 0 aliphatic heterocycles. The first kappa shape index (κ1) is 14.0.